The number of carboxylic acids is 2. The molecule has 2 aliphatic rings. The molecule has 0 unspecified atom stereocenters. The average molecular weight is 251 g/mol. The number of carbonyl (C=O) groups is 2. The van der Waals surface area contributed by atoms with Crippen LogP contribution in [0.15, 0.2) is 0 Å². The third-order valence-corrected chi connectivity index (χ3v) is 3.38. The van der Waals surface area contributed by atoms with Gasteiger partial charge in [0.1, 0.15) is 0 Å². The van der Waals surface area contributed by atoms with Crippen molar-refractivity contribution in [3.63, 3.8) is 0 Å². The van der Waals surface area contributed by atoms with E-state index in [1.54, 1.807) is 0 Å². The third-order valence-electron chi connectivity index (χ3n) is 3.38. The fourth-order valence-electron chi connectivity index (χ4n) is 2.32. The molecule has 5 heteroatoms. The maximum Gasteiger partial charge on any atom is 2.00 e. The number of hydrogen-bond donors (Lipinski definition) is 0. The minimum atomic E-state index is -0.859. The molecule has 2 fully saturated rings. The van der Waals surface area contributed by atoms with Crippen LogP contribution < -0.4 is 10.2 Å². The number of carboxylic acid groups (broad SMARTS) is 2. The van der Waals surface area contributed by atoms with E-state index in [2.05, 4.69) is 0 Å². The molecule has 2 aliphatic carbocycles. The van der Waals surface area contributed by atoms with Gasteiger partial charge in [-0.2, -0.15) is 0 Å². The summed E-state index contributed by atoms with van der Waals surface area (Å²) in [4.78, 5) is 20.2. The fourth-order valence-corrected chi connectivity index (χ4v) is 2.32. The van der Waals surface area contributed by atoms with Crippen molar-refractivity contribution in [2.75, 3.05) is 0 Å². The standard InChI is InChI=1S/2C6H10O2.Mg/c2*7-6(8)5-3-1-2-4-5;/h2*5H,1-4H2,(H,7,8);/q;;+2/p-2. The van der Waals surface area contributed by atoms with Gasteiger partial charge in [0, 0.05) is 11.9 Å². The molecule has 0 bridgehead atoms. The molecule has 0 N–H and O–H groups in total. The van der Waals surface area contributed by atoms with Gasteiger partial charge in [0.05, 0.1) is 0 Å². The molecule has 4 nitrogen and oxygen atoms in total. The minimum Gasteiger partial charge on any atom is -0.550 e. The molecule has 2 rings (SSSR count). The Morgan fingerprint density at radius 2 is 0.941 bits per heavy atom. The Hall–Kier alpha value is -0.294. The summed E-state index contributed by atoms with van der Waals surface area (Å²) in [7, 11) is 0. The van der Waals surface area contributed by atoms with Gasteiger partial charge in [0.15, 0.2) is 0 Å². The quantitative estimate of drug-likeness (QED) is 0.617. The van der Waals surface area contributed by atoms with Crippen molar-refractivity contribution in [2.24, 2.45) is 11.8 Å². The zero-order chi connectivity index (χ0) is 12.0. The second-order valence-electron chi connectivity index (χ2n) is 4.60. The number of carbonyl (C=O) groups excluding carboxylic acids is 2. The van der Waals surface area contributed by atoms with Crippen LogP contribution >= 0.6 is 0 Å². The Balaban J connectivity index is 0.000000284. The van der Waals surface area contributed by atoms with E-state index in [0.717, 1.165) is 51.4 Å². The third kappa shape index (κ3) is 6.26. The molecule has 0 aliphatic heterocycles. The zero-order valence-corrected chi connectivity index (χ0v) is 11.6. The first kappa shape index (κ1) is 16.7. The number of rotatable bonds is 2. The normalized spacial score (nSPS) is 20.2. The first-order chi connectivity index (χ1) is 7.61. The van der Waals surface area contributed by atoms with Gasteiger partial charge in [0.25, 0.3) is 0 Å². The van der Waals surface area contributed by atoms with Crippen LogP contribution in [0.5, 0.6) is 0 Å². The van der Waals surface area contributed by atoms with E-state index >= 15 is 0 Å². The van der Waals surface area contributed by atoms with Crippen molar-refractivity contribution in [3.05, 3.63) is 0 Å². The van der Waals surface area contributed by atoms with Gasteiger partial charge in [-0.15, -0.1) is 0 Å². The molecule has 0 atom stereocenters. The van der Waals surface area contributed by atoms with Crippen LogP contribution in [0.4, 0.5) is 0 Å². The first-order valence-corrected chi connectivity index (χ1v) is 6.03. The van der Waals surface area contributed by atoms with Crippen molar-refractivity contribution in [1.29, 1.82) is 0 Å². The summed E-state index contributed by atoms with van der Waals surface area (Å²) >= 11 is 0. The molecule has 0 radical (unpaired) electrons. The molecule has 0 saturated heterocycles. The summed E-state index contributed by atoms with van der Waals surface area (Å²) in [6.45, 7) is 0. The van der Waals surface area contributed by atoms with E-state index in [9.17, 15) is 19.8 Å². The molecular formula is C12H18MgO4. The Labute approximate surface area is 118 Å². The Bertz CT molecular complexity index is 217. The van der Waals surface area contributed by atoms with Gasteiger partial charge in [-0.05, 0) is 37.5 Å². The van der Waals surface area contributed by atoms with Crippen LogP contribution in [-0.4, -0.2) is 35.0 Å². The second-order valence-corrected chi connectivity index (χ2v) is 4.60. The van der Waals surface area contributed by atoms with E-state index in [1.807, 2.05) is 0 Å². The maximum absolute atomic E-state index is 10.1. The van der Waals surface area contributed by atoms with E-state index in [-0.39, 0.29) is 34.9 Å². The predicted octanol–water partition coefficient (Wildman–Crippen LogP) is -0.528. The summed E-state index contributed by atoms with van der Waals surface area (Å²) in [6, 6.07) is 0. The molecule has 0 aromatic heterocycles. The van der Waals surface area contributed by atoms with E-state index < -0.39 is 11.9 Å². The van der Waals surface area contributed by atoms with Crippen LogP contribution in [0.25, 0.3) is 0 Å². The summed E-state index contributed by atoms with van der Waals surface area (Å²) in [5.41, 5.74) is 0. The summed E-state index contributed by atoms with van der Waals surface area (Å²) in [5.74, 6) is -1.98. The Morgan fingerprint density at radius 1 is 0.706 bits per heavy atom. The largest absolute Gasteiger partial charge is 2.00 e. The van der Waals surface area contributed by atoms with Gasteiger partial charge < -0.3 is 19.8 Å². The van der Waals surface area contributed by atoms with Crippen molar-refractivity contribution in [3.8, 4) is 0 Å². The SMILES string of the molecule is O=C([O-])C1CCCC1.O=C([O-])C1CCCC1.[Mg+2]. The molecule has 2 saturated carbocycles. The monoisotopic (exact) mass is 250 g/mol. The van der Waals surface area contributed by atoms with E-state index in [1.165, 1.54) is 0 Å². The fraction of sp³-hybridized carbons (Fsp3) is 0.833. The van der Waals surface area contributed by atoms with Crippen molar-refractivity contribution in [2.45, 2.75) is 51.4 Å². The van der Waals surface area contributed by atoms with E-state index in [4.69, 9.17) is 0 Å². The summed E-state index contributed by atoms with van der Waals surface area (Å²) in [6.07, 6.45) is 7.61. The van der Waals surface area contributed by atoms with Crippen LogP contribution in [-0.2, 0) is 9.59 Å². The molecule has 0 heterocycles. The van der Waals surface area contributed by atoms with Crippen LogP contribution in [0.3, 0.4) is 0 Å². The van der Waals surface area contributed by atoms with Crippen LogP contribution in [0.1, 0.15) is 51.4 Å². The molecule has 0 spiro atoms. The number of hydrogen-bond acceptors (Lipinski definition) is 4. The molecule has 92 valence electrons. The van der Waals surface area contributed by atoms with Crippen LogP contribution in [0.2, 0.25) is 0 Å². The smallest absolute Gasteiger partial charge is 0.550 e. The minimum absolute atomic E-state index is 0. The van der Waals surface area contributed by atoms with Gasteiger partial charge in [-0.3, -0.25) is 0 Å². The van der Waals surface area contributed by atoms with Gasteiger partial charge in [-0.1, -0.05) is 25.7 Å². The zero-order valence-electron chi connectivity index (χ0n) is 10.2. The Kier molecular flexibility index (Phi) is 8.60. The van der Waals surface area contributed by atoms with Crippen LogP contribution in [0, 0.1) is 11.8 Å². The first-order valence-electron chi connectivity index (χ1n) is 6.03. The molecule has 0 amide bonds. The Morgan fingerprint density at radius 3 is 1.06 bits per heavy atom. The average Bonchev–Trinajstić information content (AvgIpc) is 2.93. The van der Waals surface area contributed by atoms with Crippen molar-refractivity contribution < 1.29 is 19.8 Å². The molecule has 17 heavy (non-hydrogen) atoms. The van der Waals surface area contributed by atoms with Gasteiger partial charge >= 0.3 is 23.1 Å². The summed E-state index contributed by atoms with van der Waals surface area (Å²) < 4.78 is 0. The van der Waals surface area contributed by atoms with Gasteiger partial charge in [0.2, 0.25) is 0 Å². The molecule has 0 aromatic rings. The molecular weight excluding hydrogens is 232 g/mol. The second kappa shape index (κ2) is 8.75. The maximum atomic E-state index is 10.1. The van der Waals surface area contributed by atoms with E-state index in [0.29, 0.717) is 0 Å². The topological polar surface area (TPSA) is 80.3 Å². The molecule has 0 aromatic carbocycles. The van der Waals surface area contributed by atoms with Gasteiger partial charge in [-0.25, -0.2) is 0 Å². The predicted molar refractivity (Wildman–Crippen MR) is 59.7 cm³/mol. The van der Waals surface area contributed by atoms with Crippen molar-refractivity contribution >= 4 is 35.0 Å². The summed E-state index contributed by atoms with van der Waals surface area (Å²) in [5, 5.41) is 20.2. The van der Waals surface area contributed by atoms with Crippen molar-refractivity contribution in [1.82, 2.24) is 0 Å². The number of aliphatic carboxylic acids is 2.